The summed E-state index contributed by atoms with van der Waals surface area (Å²) in [5.41, 5.74) is 6.27. The summed E-state index contributed by atoms with van der Waals surface area (Å²) in [4.78, 5) is 0. The number of aryl methyl sites for hydroxylation is 1. The van der Waals surface area contributed by atoms with Gasteiger partial charge in [-0.05, 0) is 58.7 Å². The van der Waals surface area contributed by atoms with Gasteiger partial charge in [-0.15, -0.1) is 0 Å². The molecule has 0 aliphatic rings. The summed E-state index contributed by atoms with van der Waals surface area (Å²) in [5, 5.41) is 2.95. The lowest BCUT2D eigenvalue weighted by atomic mass is 10.1. The SMILES string of the molecule is Cc1ccc(Br)c(Nc2ccc(N)c(C(F)(F)F)c2)c1. The van der Waals surface area contributed by atoms with Gasteiger partial charge in [0.15, 0.2) is 0 Å². The van der Waals surface area contributed by atoms with Crippen LogP contribution in [-0.4, -0.2) is 0 Å². The topological polar surface area (TPSA) is 38.0 Å². The molecule has 3 N–H and O–H groups in total. The fourth-order valence-corrected chi connectivity index (χ4v) is 2.12. The maximum absolute atomic E-state index is 12.8. The van der Waals surface area contributed by atoms with Crippen LogP contribution in [0.4, 0.5) is 30.2 Å². The maximum atomic E-state index is 12.8. The molecule has 0 aromatic heterocycles. The summed E-state index contributed by atoms with van der Waals surface area (Å²) < 4.78 is 39.2. The molecule has 20 heavy (non-hydrogen) atoms. The van der Waals surface area contributed by atoms with Gasteiger partial charge < -0.3 is 11.1 Å². The van der Waals surface area contributed by atoms with Crippen molar-refractivity contribution in [1.82, 2.24) is 0 Å². The standard InChI is InChI=1S/C14H12BrF3N2/c1-8-2-4-11(15)13(6-8)20-9-3-5-12(19)10(7-9)14(16,17)18/h2-7,20H,19H2,1H3. The molecule has 0 aliphatic carbocycles. The van der Waals surface area contributed by atoms with E-state index in [-0.39, 0.29) is 5.69 Å². The van der Waals surface area contributed by atoms with Gasteiger partial charge in [-0.25, -0.2) is 0 Å². The minimum absolute atomic E-state index is 0.286. The first-order chi connectivity index (χ1) is 9.27. The number of hydrogen-bond donors (Lipinski definition) is 2. The Labute approximate surface area is 122 Å². The molecule has 2 rings (SSSR count). The summed E-state index contributed by atoms with van der Waals surface area (Å²) in [7, 11) is 0. The van der Waals surface area contributed by atoms with Gasteiger partial charge in [0.2, 0.25) is 0 Å². The number of alkyl halides is 3. The number of hydrogen-bond acceptors (Lipinski definition) is 2. The molecule has 0 bridgehead atoms. The average Bonchev–Trinajstić information content (AvgIpc) is 2.35. The Morgan fingerprint density at radius 2 is 1.80 bits per heavy atom. The largest absolute Gasteiger partial charge is 0.418 e. The molecule has 0 saturated heterocycles. The lowest BCUT2D eigenvalue weighted by molar-refractivity contribution is -0.136. The van der Waals surface area contributed by atoms with E-state index in [0.717, 1.165) is 16.1 Å². The van der Waals surface area contributed by atoms with E-state index in [1.165, 1.54) is 12.1 Å². The molecule has 2 nitrogen and oxygen atoms in total. The third-order valence-corrected chi connectivity index (χ3v) is 3.45. The van der Waals surface area contributed by atoms with Gasteiger partial charge in [-0.2, -0.15) is 13.2 Å². The predicted octanol–water partition coefficient (Wildman–Crippen LogP) is 5.10. The zero-order valence-electron chi connectivity index (χ0n) is 10.6. The van der Waals surface area contributed by atoms with Crippen LogP contribution in [0.1, 0.15) is 11.1 Å². The second-order valence-electron chi connectivity index (χ2n) is 4.41. The van der Waals surface area contributed by atoms with Crippen LogP contribution < -0.4 is 11.1 Å². The van der Waals surface area contributed by atoms with E-state index in [1.807, 2.05) is 25.1 Å². The fourth-order valence-electron chi connectivity index (χ4n) is 1.77. The molecule has 0 spiro atoms. The molecule has 2 aromatic carbocycles. The highest BCUT2D eigenvalue weighted by atomic mass is 79.9. The molecule has 6 heteroatoms. The van der Waals surface area contributed by atoms with Gasteiger partial charge in [0.05, 0.1) is 11.3 Å². The predicted molar refractivity (Wildman–Crippen MR) is 78.0 cm³/mol. The van der Waals surface area contributed by atoms with Crippen LogP contribution in [0.15, 0.2) is 40.9 Å². The molecular formula is C14H12BrF3N2. The highest BCUT2D eigenvalue weighted by Crippen LogP contribution is 2.36. The van der Waals surface area contributed by atoms with E-state index < -0.39 is 11.7 Å². The van der Waals surface area contributed by atoms with E-state index >= 15 is 0 Å². The number of rotatable bonds is 2. The third-order valence-electron chi connectivity index (χ3n) is 2.76. The van der Waals surface area contributed by atoms with Crippen LogP contribution in [0.5, 0.6) is 0 Å². The van der Waals surface area contributed by atoms with Crippen molar-refractivity contribution in [2.24, 2.45) is 0 Å². The molecule has 0 aliphatic heterocycles. The van der Waals surface area contributed by atoms with E-state index in [4.69, 9.17) is 5.73 Å². The number of halogens is 4. The highest BCUT2D eigenvalue weighted by Gasteiger charge is 2.33. The van der Waals surface area contributed by atoms with Crippen molar-refractivity contribution in [3.05, 3.63) is 52.0 Å². The quantitative estimate of drug-likeness (QED) is 0.743. The van der Waals surface area contributed by atoms with Gasteiger partial charge >= 0.3 is 6.18 Å². The Balaban J connectivity index is 2.37. The molecule has 0 saturated carbocycles. The minimum Gasteiger partial charge on any atom is -0.398 e. The first-order valence-electron chi connectivity index (χ1n) is 5.77. The Kier molecular flexibility index (Phi) is 3.94. The number of nitrogens with two attached hydrogens (primary N) is 1. The van der Waals surface area contributed by atoms with Gasteiger partial charge in [-0.1, -0.05) is 6.07 Å². The molecule has 0 atom stereocenters. The van der Waals surface area contributed by atoms with Gasteiger partial charge in [0.1, 0.15) is 0 Å². The van der Waals surface area contributed by atoms with Crippen LogP contribution in [0, 0.1) is 6.92 Å². The Bertz CT molecular complexity index is 639. The molecule has 0 unspecified atom stereocenters. The van der Waals surface area contributed by atoms with Crippen LogP contribution in [0.2, 0.25) is 0 Å². The number of benzene rings is 2. The first kappa shape index (κ1) is 14.7. The van der Waals surface area contributed by atoms with E-state index in [2.05, 4.69) is 21.2 Å². The van der Waals surface area contributed by atoms with Gasteiger partial charge in [-0.3, -0.25) is 0 Å². The van der Waals surface area contributed by atoms with E-state index in [9.17, 15) is 13.2 Å². The zero-order chi connectivity index (χ0) is 14.9. The lowest BCUT2D eigenvalue weighted by Gasteiger charge is -2.14. The molecule has 0 radical (unpaired) electrons. The Hall–Kier alpha value is -1.69. The van der Waals surface area contributed by atoms with Crippen LogP contribution in [-0.2, 0) is 6.18 Å². The van der Waals surface area contributed by atoms with Crippen molar-refractivity contribution in [3.63, 3.8) is 0 Å². The van der Waals surface area contributed by atoms with Crippen molar-refractivity contribution >= 4 is 33.0 Å². The van der Waals surface area contributed by atoms with Crippen molar-refractivity contribution < 1.29 is 13.2 Å². The van der Waals surface area contributed by atoms with Crippen molar-refractivity contribution in [3.8, 4) is 0 Å². The van der Waals surface area contributed by atoms with Crippen molar-refractivity contribution in [2.75, 3.05) is 11.1 Å². The average molecular weight is 345 g/mol. The first-order valence-corrected chi connectivity index (χ1v) is 6.56. The van der Waals surface area contributed by atoms with Crippen LogP contribution >= 0.6 is 15.9 Å². The smallest absolute Gasteiger partial charge is 0.398 e. The summed E-state index contributed by atoms with van der Waals surface area (Å²) in [6, 6.07) is 9.34. The maximum Gasteiger partial charge on any atom is 0.418 e. The summed E-state index contributed by atoms with van der Waals surface area (Å²) in [6.07, 6.45) is -4.47. The van der Waals surface area contributed by atoms with Crippen LogP contribution in [0.25, 0.3) is 0 Å². The van der Waals surface area contributed by atoms with Crippen molar-refractivity contribution in [2.45, 2.75) is 13.1 Å². The van der Waals surface area contributed by atoms with Gasteiger partial charge in [0.25, 0.3) is 0 Å². The molecule has 0 amide bonds. The van der Waals surface area contributed by atoms with E-state index in [1.54, 1.807) is 0 Å². The second kappa shape index (κ2) is 5.36. The lowest BCUT2D eigenvalue weighted by Crippen LogP contribution is -2.09. The molecule has 106 valence electrons. The molecular weight excluding hydrogens is 333 g/mol. The monoisotopic (exact) mass is 344 g/mol. The third kappa shape index (κ3) is 3.25. The molecule has 0 fully saturated rings. The van der Waals surface area contributed by atoms with Crippen molar-refractivity contribution in [1.29, 1.82) is 0 Å². The summed E-state index contributed by atoms with van der Waals surface area (Å²) >= 11 is 3.35. The second-order valence-corrected chi connectivity index (χ2v) is 5.26. The molecule has 0 heterocycles. The van der Waals surface area contributed by atoms with Crippen LogP contribution in [0.3, 0.4) is 0 Å². The fraction of sp³-hybridized carbons (Fsp3) is 0.143. The zero-order valence-corrected chi connectivity index (χ0v) is 12.1. The summed E-state index contributed by atoms with van der Waals surface area (Å²) in [5.74, 6) is 0. The minimum atomic E-state index is -4.47. The summed E-state index contributed by atoms with van der Waals surface area (Å²) in [6.45, 7) is 1.90. The Morgan fingerprint density at radius 3 is 2.45 bits per heavy atom. The Morgan fingerprint density at radius 1 is 1.10 bits per heavy atom. The number of nitrogens with one attached hydrogen (secondary N) is 1. The normalized spacial score (nSPS) is 11.4. The number of nitrogen functional groups attached to an aromatic ring is 1. The molecule has 2 aromatic rings. The number of anilines is 3. The van der Waals surface area contributed by atoms with Gasteiger partial charge in [0, 0.05) is 15.8 Å². The highest BCUT2D eigenvalue weighted by molar-refractivity contribution is 9.10. The van der Waals surface area contributed by atoms with E-state index in [0.29, 0.717) is 11.4 Å².